The molecule has 1 aromatic carbocycles. The summed E-state index contributed by atoms with van der Waals surface area (Å²) < 4.78 is 0. The highest BCUT2D eigenvalue weighted by atomic mass is 35.5. The molecule has 8 heterocycles. The van der Waals surface area contributed by atoms with Gasteiger partial charge in [-0.1, -0.05) is 106 Å². The van der Waals surface area contributed by atoms with Crippen LogP contribution < -0.4 is 49.1 Å². The van der Waals surface area contributed by atoms with Gasteiger partial charge in [-0.05, 0) is 112 Å². The smallest absolute Gasteiger partial charge is 0.158 e. The van der Waals surface area contributed by atoms with E-state index >= 15 is 0 Å². The van der Waals surface area contributed by atoms with Crippen LogP contribution in [-0.4, -0.2) is 91.2 Å². The molecule has 25 heteroatoms. The van der Waals surface area contributed by atoms with Crippen molar-refractivity contribution < 1.29 is 0 Å². The van der Waals surface area contributed by atoms with Crippen LogP contribution in [0.15, 0.2) is 91.1 Å². The summed E-state index contributed by atoms with van der Waals surface area (Å²) >= 11 is 34.7. The Bertz CT molecular complexity index is 2980. The lowest BCUT2D eigenvalue weighted by molar-refractivity contribution is 0.0163. The van der Waals surface area contributed by atoms with Gasteiger partial charge in [0.05, 0.1) is 38.7 Å². The van der Waals surface area contributed by atoms with Gasteiger partial charge in [0.15, 0.2) is 17.5 Å². The summed E-state index contributed by atoms with van der Waals surface area (Å²) in [6.45, 7) is 8.22. The lowest BCUT2D eigenvalue weighted by atomic mass is 9.56. The van der Waals surface area contributed by atoms with Gasteiger partial charge in [-0.15, -0.1) is 0 Å². The van der Waals surface area contributed by atoms with Gasteiger partial charge in [0.1, 0.15) is 43.5 Å². The van der Waals surface area contributed by atoms with Crippen molar-refractivity contribution in [2.75, 3.05) is 76.9 Å². The minimum Gasteiger partial charge on any atom is -0.382 e. The number of anilines is 7. The Morgan fingerprint density at radius 1 is 0.481 bits per heavy atom. The van der Waals surface area contributed by atoms with Crippen molar-refractivity contribution in [3.8, 4) is 0 Å². The third-order valence-electron chi connectivity index (χ3n) is 17.0. The SMILES string of the molecule is C[C@H]1CCC12CCN(c1cnc(Sc3ccnc(Cl)c3Cl)c(N)n1)CC2.Nc1nc(N2CCC3(CC[C@@H]3N)CC2)cnc1Sc1ccnc(N)c1Cl.Nc1nc(N2CC[C@@]3(CC[C@@H]3N)C2)cnc1Sc1cccc(Cl)c1Cl. The third kappa shape index (κ3) is 11.8. The molecule has 408 valence electrons. The van der Waals surface area contributed by atoms with E-state index in [1.807, 2.05) is 12.1 Å². The predicted octanol–water partition coefficient (Wildman–Crippen LogP) is 11.3. The predicted molar refractivity (Wildman–Crippen MR) is 316 cm³/mol. The van der Waals surface area contributed by atoms with Crippen LogP contribution in [0.2, 0.25) is 25.2 Å². The molecular formula is C52H62Cl5N17S3. The van der Waals surface area contributed by atoms with Crippen LogP contribution in [0.3, 0.4) is 0 Å². The van der Waals surface area contributed by atoms with Crippen LogP contribution in [0, 0.1) is 22.2 Å². The van der Waals surface area contributed by atoms with E-state index in [9.17, 15) is 0 Å². The largest absolute Gasteiger partial charge is 0.382 e. The van der Waals surface area contributed by atoms with E-state index in [4.69, 9.17) is 92.4 Å². The molecule has 5 aromatic heterocycles. The normalized spacial score (nSPS) is 22.9. The van der Waals surface area contributed by atoms with Gasteiger partial charge >= 0.3 is 0 Å². The first kappa shape index (κ1) is 56.1. The van der Waals surface area contributed by atoms with Crippen molar-refractivity contribution in [1.29, 1.82) is 0 Å². The number of nitrogens with zero attached hydrogens (tertiary/aromatic N) is 11. The number of aromatic nitrogens is 8. The number of hydrogen-bond acceptors (Lipinski definition) is 20. The molecule has 0 amide bonds. The molecular weight excluding hydrogens is 1140 g/mol. The van der Waals surface area contributed by atoms with Gasteiger partial charge in [0.25, 0.3) is 0 Å². The highest BCUT2D eigenvalue weighted by molar-refractivity contribution is 8.00. The molecule has 4 atom stereocenters. The summed E-state index contributed by atoms with van der Waals surface area (Å²) in [7, 11) is 0. The first-order valence-corrected chi connectivity index (χ1v) is 30.1. The van der Waals surface area contributed by atoms with E-state index in [0.717, 1.165) is 109 Å². The number of hydrogen-bond donors (Lipinski definition) is 6. The number of nitrogens with two attached hydrogens (primary N) is 6. The fourth-order valence-corrected chi connectivity index (χ4v) is 14.8. The first-order chi connectivity index (χ1) is 36.9. The second kappa shape index (κ2) is 23.5. The van der Waals surface area contributed by atoms with E-state index in [0.29, 0.717) is 75.5 Å². The fraction of sp³-hybridized carbons (Fsp3) is 0.462. The van der Waals surface area contributed by atoms with Crippen molar-refractivity contribution in [1.82, 2.24) is 39.9 Å². The van der Waals surface area contributed by atoms with Gasteiger partial charge in [-0.25, -0.2) is 39.9 Å². The Hall–Kier alpha value is -4.22. The molecule has 0 unspecified atom stereocenters. The Kier molecular flexibility index (Phi) is 17.1. The van der Waals surface area contributed by atoms with E-state index in [1.165, 1.54) is 73.8 Å². The Morgan fingerprint density at radius 3 is 1.36 bits per heavy atom. The Morgan fingerprint density at radius 2 is 0.922 bits per heavy atom. The lowest BCUT2D eigenvalue weighted by Crippen LogP contribution is -2.56. The summed E-state index contributed by atoms with van der Waals surface area (Å²) in [5.74, 6) is 4.83. The van der Waals surface area contributed by atoms with Crippen molar-refractivity contribution in [2.24, 2.45) is 33.6 Å². The van der Waals surface area contributed by atoms with Gasteiger partial charge in [0, 0.05) is 83.8 Å². The monoisotopic (exact) mass is 1200 g/mol. The zero-order valence-corrected chi connectivity index (χ0v) is 48.8. The number of halogens is 5. The zero-order chi connectivity index (χ0) is 54.2. The van der Waals surface area contributed by atoms with Crippen molar-refractivity contribution >= 4 is 134 Å². The van der Waals surface area contributed by atoms with Crippen molar-refractivity contribution in [3.63, 3.8) is 0 Å². The molecule has 17 nitrogen and oxygen atoms in total. The molecule has 12 N–H and O–H groups in total. The molecule has 6 aromatic rings. The minimum absolute atomic E-state index is 0.262. The quantitative estimate of drug-likeness (QED) is 0.0734. The zero-order valence-electron chi connectivity index (χ0n) is 42.5. The number of piperidine rings is 2. The molecule has 3 aliphatic heterocycles. The second-order valence-corrected chi connectivity index (χ2v) is 26.0. The van der Waals surface area contributed by atoms with Crippen LogP contribution in [-0.2, 0) is 0 Å². The molecule has 6 fully saturated rings. The average molecular weight is 1200 g/mol. The molecule has 3 spiro atoms. The van der Waals surface area contributed by atoms with Gasteiger partial charge < -0.3 is 49.1 Å². The fourth-order valence-electron chi connectivity index (χ4n) is 11.3. The van der Waals surface area contributed by atoms with E-state index in [2.05, 4.69) is 61.5 Å². The lowest BCUT2D eigenvalue weighted by Gasteiger charge is -2.53. The van der Waals surface area contributed by atoms with Crippen LogP contribution in [0.1, 0.15) is 77.6 Å². The summed E-state index contributed by atoms with van der Waals surface area (Å²) in [6.07, 6.45) is 21.9. The number of rotatable bonds is 9. The second-order valence-electron chi connectivity index (χ2n) is 21.0. The van der Waals surface area contributed by atoms with Gasteiger partial charge in [0.2, 0.25) is 0 Å². The number of benzene rings is 1. The number of nitrogen functional groups attached to an aromatic ring is 4. The Labute approximate surface area is 486 Å². The van der Waals surface area contributed by atoms with Crippen LogP contribution in [0.4, 0.5) is 40.7 Å². The van der Waals surface area contributed by atoms with Crippen molar-refractivity contribution in [2.45, 2.75) is 119 Å². The Balaban J connectivity index is 0.000000131. The minimum atomic E-state index is 0.262. The molecule has 0 radical (unpaired) electrons. The molecule has 0 bridgehead atoms. The van der Waals surface area contributed by atoms with Crippen LogP contribution in [0.25, 0.3) is 0 Å². The summed E-state index contributed by atoms with van der Waals surface area (Å²) in [5.41, 5.74) is 37.8. The molecule has 12 rings (SSSR count). The maximum atomic E-state index is 6.24. The summed E-state index contributed by atoms with van der Waals surface area (Å²) in [6, 6.07) is 9.72. The molecule has 3 saturated carbocycles. The van der Waals surface area contributed by atoms with E-state index in [-0.39, 0.29) is 16.4 Å². The third-order valence-corrected chi connectivity index (χ3v) is 22.5. The molecule has 3 saturated heterocycles. The first-order valence-electron chi connectivity index (χ1n) is 25.8. The maximum absolute atomic E-state index is 6.24. The maximum Gasteiger partial charge on any atom is 0.158 e. The average Bonchev–Trinajstić information content (AvgIpc) is 3.92. The van der Waals surface area contributed by atoms with Gasteiger partial charge in [-0.3, -0.25) is 0 Å². The standard InChI is InChI=1S/C18H21Cl2N5S.C17H19Cl2N5S.C17H22ClN7S/c1-11-2-4-18(11)5-8-25(9-6-18)13-10-23-17(16(21)24-13)26-12-3-7-22-15(20)14(12)19;18-10-2-1-3-11(14(10)19)25-16-15(21)23-13(8-22-16)24-7-6-17(9-24)5-4-12(17)20;18-13-10(2-6-22-14(13)20)26-16-15(21)24-12(9-23-16)25-7-4-17(5-8-25)3-1-11(17)19/h3,7,10-11H,2,4-6,8-9H2,1H3,(H2,21,24);1-3,8,12H,4-7,9,20H2,(H2,21,23);2,6,9,11H,1,3-5,7-8,19H2,(H2,20,22)(H2,21,24)/t11-;12-,17-;11-/m000/s1. The summed E-state index contributed by atoms with van der Waals surface area (Å²) in [4.78, 5) is 44.2. The van der Waals surface area contributed by atoms with Crippen molar-refractivity contribution in [3.05, 3.63) is 86.6 Å². The topological polar surface area (TPSA) is 269 Å². The highest BCUT2D eigenvalue weighted by Gasteiger charge is 2.50. The van der Waals surface area contributed by atoms with E-state index < -0.39 is 0 Å². The van der Waals surface area contributed by atoms with Crippen LogP contribution in [0.5, 0.6) is 0 Å². The number of pyridine rings is 2. The molecule has 6 aliphatic rings. The highest BCUT2D eigenvalue weighted by Crippen LogP contribution is 2.54. The molecule has 77 heavy (non-hydrogen) atoms. The van der Waals surface area contributed by atoms with Gasteiger partial charge in [-0.2, -0.15) is 0 Å². The molecule has 3 aliphatic carbocycles. The van der Waals surface area contributed by atoms with E-state index in [1.54, 1.807) is 49.2 Å². The summed E-state index contributed by atoms with van der Waals surface area (Å²) in [5, 5.41) is 3.94. The van der Waals surface area contributed by atoms with Crippen LogP contribution >= 0.6 is 93.3 Å².